The fourth-order valence-corrected chi connectivity index (χ4v) is 11.5. The molecular weight excluding hydrogens is 929 g/mol. The van der Waals surface area contributed by atoms with E-state index in [2.05, 4.69) is 213 Å². The molecule has 8 heteroatoms. The Hall–Kier alpha value is -8.66. The highest BCUT2D eigenvalue weighted by atomic mass is 32.2. The second kappa shape index (κ2) is 20.2. The summed E-state index contributed by atoms with van der Waals surface area (Å²) in [5.41, 5.74) is 19.7. The molecule has 3 heterocycles. The summed E-state index contributed by atoms with van der Waals surface area (Å²) in [6, 6.07) is 52.9. The minimum absolute atomic E-state index is 0.442. The Morgan fingerprint density at radius 1 is 0.438 bits per heavy atom. The number of thioether (sulfide) groups is 2. The summed E-state index contributed by atoms with van der Waals surface area (Å²) in [7, 11) is 0. The van der Waals surface area contributed by atoms with Gasteiger partial charge in [0.1, 0.15) is 20.9 Å². The van der Waals surface area contributed by atoms with Crippen LogP contribution in [-0.2, 0) is 0 Å². The lowest BCUT2D eigenvalue weighted by atomic mass is 9.85. The Bertz CT molecular complexity index is 3830. The van der Waals surface area contributed by atoms with Crippen molar-refractivity contribution in [3.63, 3.8) is 0 Å². The Labute approximate surface area is 434 Å². The summed E-state index contributed by atoms with van der Waals surface area (Å²) in [5.74, 6) is 0. The molecule has 0 unspecified atom stereocenters. The molecule has 3 aromatic heterocycles. The molecule has 0 atom stereocenters. The third-order valence-corrected chi connectivity index (χ3v) is 14.9. The third kappa shape index (κ3) is 8.21. The number of hydrogen-bond donors (Lipinski definition) is 0. The maximum atomic E-state index is 9.73. The minimum Gasteiger partial charge on any atom is -0.309 e. The van der Waals surface area contributed by atoms with Crippen molar-refractivity contribution >= 4 is 77.9 Å². The van der Waals surface area contributed by atoms with Crippen molar-refractivity contribution in [3.8, 4) is 66.9 Å². The molecule has 6 nitrogen and oxygen atoms in total. The monoisotopic (exact) mass is 978 g/mol. The first kappa shape index (κ1) is 48.0. The van der Waals surface area contributed by atoms with Gasteiger partial charge in [-0.25, -0.2) is 9.97 Å². The van der Waals surface area contributed by atoms with E-state index in [-0.39, 0.29) is 0 Å². The van der Waals surface area contributed by atoms with Crippen molar-refractivity contribution in [2.75, 3.05) is 0 Å². The zero-order valence-corrected chi connectivity index (χ0v) is 43.0. The Morgan fingerprint density at radius 3 is 1.10 bits per heavy atom. The van der Waals surface area contributed by atoms with Crippen molar-refractivity contribution in [2.45, 2.75) is 44.7 Å². The van der Waals surface area contributed by atoms with Crippen LogP contribution in [0.1, 0.15) is 29.2 Å². The van der Waals surface area contributed by atoms with E-state index in [9.17, 15) is 10.5 Å². The van der Waals surface area contributed by atoms with Gasteiger partial charge in [0, 0.05) is 73.0 Å². The van der Waals surface area contributed by atoms with Crippen LogP contribution in [0.2, 0.25) is 0 Å². The SMILES string of the molecule is C=C/C=C\C.C=CC=C.Cc1cc(-n2c3ccccc3c3ccccc32)c(C)cc1-c1ccc2c3c(ccc(-c4cc(C)c(-n5c6ccccc6c6ccccc65)cc4C)c13)-c1nc(SC#N)c(SC#N)nc1-2. The number of rotatable bonds is 8. The summed E-state index contributed by atoms with van der Waals surface area (Å²) in [6.45, 7) is 21.0. The zero-order chi connectivity index (χ0) is 50.9. The summed E-state index contributed by atoms with van der Waals surface area (Å²) in [6.07, 6.45) is 8.85. The molecule has 73 heavy (non-hydrogen) atoms. The van der Waals surface area contributed by atoms with Gasteiger partial charge < -0.3 is 9.13 Å². The largest absolute Gasteiger partial charge is 0.309 e. The second-order valence-corrected chi connectivity index (χ2v) is 19.4. The number of fused-ring (bicyclic) bond motifs is 9. The van der Waals surface area contributed by atoms with Crippen LogP contribution in [0, 0.1) is 49.0 Å². The van der Waals surface area contributed by atoms with Gasteiger partial charge in [0.15, 0.2) is 0 Å². The van der Waals surface area contributed by atoms with E-state index < -0.39 is 0 Å². The molecular formula is C65H50N6S2. The van der Waals surface area contributed by atoms with Gasteiger partial charge >= 0.3 is 0 Å². The molecule has 0 amide bonds. The van der Waals surface area contributed by atoms with Crippen LogP contribution >= 0.6 is 23.5 Å². The smallest absolute Gasteiger partial charge is 0.145 e. The molecule has 0 fully saturated rings. The number of para-hydroxylation sites is 4. The number of thiocyanates is 2. The van der Waals surface area contributed by atoms with Crippen molar-refractivity contribution in [1.29, 1.82) is 10.5 Å². The molecule has 0 saturated carbocycles. The van der Waals surface area contributed by atoms with E-state index in [1.165, 1.54) is 54.7 Å². The Balaban J connectivity index is 0.000000629. The minimum atomic E-state index is 0.442. The molecule has 11 aromatic rings. The molecule has 0 radical (unpaired) electrons. The first-order valence-corrected chi connectivity index (χ1v) is 25.6. The van der Waals surface area contributed by atoms with Crippen LogP contribution in [0.5, 0.6) is 0 Å². The lowest BCUT2D eigenvalue weighted by Gasteiger charge is -2.20. The van der Waals surface area contributed by atoms with Gasteiger partial charge in [0.25, 0.3) is 0 Å². The average Bonchev–Trinajstić information content (AvgIpc) is 4.04. The van der Waals surface area contributed by atoms with Crippen molar-refractivity contribution in [2.24, 2.45) is 0 Å². The fraction of sp³-hybridized carbons (Fsp3) is 0.0769. The van der Waals surface area contributed by atoms with Gasteiger partial charge in [-0.1, -0.05) is 147 Å². The van der Waals surface area contributed by atoms with Crippen LogP contribution < -0.4 is 0 Å². The van der Waals surface area contributed by atoms with Gasteiger partial charge in [-0.2, -0.15) is 10.5 Å². The van der Waals surface area contributed by atoms with Gasteiger partial charge in [-0.05, 0) is 133 Å². The highest BCUT2D eigenvalue weighted by Crippen LogP contribution is 2.53. The highest BCUT2D eigenvalue weighted by molar-refractivity contribution is 8.06. The first-order chi connectivity index (χ1) is 35.7. The van der Waals surface area contributed by atoms with Gasteiger partial charge in [-0.3, -0.25) is 0 Å². The van der Waals surface area contributed by atoms with Gasteiger partial charge in [-0.15, -0.1) is 0 Å². The van der Waals surface area contributed by atoms with E-state index >= 15 is 0 Å². The van der Waals surface area contributed by atoms with Gasteiger partial charge in [0.2, 0.25) is 0 Å². The quantitative estimate of drug-likeness (QED) is 0.0857. The molecule has 0 saturated heterocycles. The summed E-state index contributed by atoms with van der Waals surface area (Å²) in [4.78, 5) is 10.1. The van der Waals surface area contributed by atoms with E-state index in [4.69, 9.17) is 9.97 Å². The normalized spacial score (nSPS) is 11.3. The summed E-state index contributed by atoms with van der Waals surface area (Å²) < 4.78 is 4.81. The lowest BCUT2D eigenvalue weighted by Crippen LogP contribution is -2.00. The van der Waals surface area contributed by atoms with E-state index in [1.54, 1.807) is 18.2 Å². The molecule has 0 bridgehead atoms. The van der Waals surface area contributed by atoms with E-state index in [1.807, 2.05) is 19.1 Å². The molecule has 8 aromatic carbocycles. The molecule has 352 valence electrons. The number of allylic oxidation sites excluding steroid dienone is 5. The van der Waals surface area contributed by atoms with Crippen LogP contribution in [0.15, 0.2) is 206 Å². The molecule has 0 spiro atoms. The molecule has 0 N–H and O–H groups in total. The van der Waals surface area contributed by atoms with Crippen molar-refractivity contribution in [3.05, 3.63) is 218 Å². The molecule has 0 aliphatic heterocycles. The second-order valence-electron chi connectivity index (χ2n) is 17.9. The van der Waals surface area contributed by atoms with Crippen LogP contribution in [0.25, 0.3) is 111 Å². The highest BCUT2D eigenvalue weighted by Gasteiger charge is 2.30. The van der Waals surface area contributed by atoms with Crippen molar-refractivity contribution < 1.29 is 0 Å². The zero-order valence-electron chi connectivity index (χ0n) is 41.4. The van der Waals surface area contributed by atoms with Gasteiger partial charge in [0.05, 0.1) is 33.5 Å². The number of nitriles is 2. The number of nitrogens with zero attached hydrogens (tertiary/aromatic N) is 6. The number of aryl methyl sites for hydroxylation is 4. The number of hydrogen-bond acceptors (Lipinski definition) is 6. The Morgan fingerprint density at radius 2 is 0.781 bits per heavy atom. The molecule has 1 aliphatic rings. The molecule has 12 rings (SSSR count). The van der Waals surface area contributed by atoms with Crippen LogP contribution in [-0.4, -0.2) is 19.1 Å². The van der Waals surface area contributed by atoms with Crippen LogP contribution in [0.3, 0.4) is 0 Å². The Kier molecular flexibility index (Phi) is 13.3. The average molecular weight is 979 g/mol. The number of aromatic nitrogens is 4. The predicted molar refractivity (Wildman–Crippen MR) is 311 cm³/mol. The van der Waals surface area contributed by atoms with Crippen LogP contribution in [0.4, 0.5) is 0 Å². The van der Waals surface area contributed by atoms with Crippen molar-refractivity contribution in [1.82, 2.24) is 19.1 Å². The summed E-state index contributed by atoms with van der Waals surface area (Å²) >= 11 is 1.88. The first-order valence-electron chi connectivity index (χ1n) is 24.0. The van der Waals surface area contributed by atoms with E-state index in [0.29, 0.717) is 10.1 Å². The third-order valence-electron chi connectivity index (χ3n) is 13.6. The fourth-order valence-electron chi connectivity index (χ4n) is 10.5. The lowest BCUT2D eigenvalue weighted by molar-refractivity contribution is 0.943. The summed E-state index contributed by atoms with van der Waals surface area (Å²) in [5, 5.41) is 31.8. The molecule has 1 aliphatic carbocycles. The predicted octanol–water partition coefficient (Wildman–Crippen LogP) is 18.3. The topological polar surface area (TPSA) is 83.2 Å². The van der Waals surface area contributed by atoms with E-state index in [0.717, 1.165) is 102 Å². The maximum Gasteiger partial charge on any atom is 0.145 e. The number of benzene rings is 8. The standard InChI is InChI=1S/C56H36N6S2.C5H8.C4H6/c1-31-27-49(61-45-17-9-5-13-35(45)36-14-6-10-18-46(36)61)33(3)25-43(31)39-21-23-41-52-42(54-53(41)59-55(63-29-57)56(60-54)64-30-58)24-22-40(51(39)52)44-26-34(4)50(28-32(44)2)62-47-19-11-7-15-37(47)38-16-8-12-20-48(38)62;1-3-5-4-2;1-3-4-2/h5-28H,1-4H3;3-5H,1H2,2H3;3-4H,1-2H2/b;5-4-;. The maximum absolute atomic E-state index is 9.73.